The molecule has 30 heavy (non-hydrogen) atoms. The largest absolute Gasteiger partial charge is 0.478 e. The molecule has 0 saturated heterocycles. The van der Waals surface area contributed by atoms with Crippen LogP contribution in [0.3, 0.4) is 0 Å². The van der Waals surface area contributed by atoms with Crippen LogP contribution in [0, 0.1) is 6.92 Å². The monoisotopic (exact) mass is 464 g/mol. The van der Waals surface area contributed by atoms with E-state index in [9.17, 15) is 0 Å². The smallest absolute Gasteiger partial charge is 0.142 e. The first kappa shape index (κ1) is 19.6. The third-order valence-electron chi connectivity index (χ3n) is 5.67. The van der Waals surface area contributed by atoms with Crippen molar-refractivity contribution in [2.24, 2.45) is 0 Å². The first-order valence-corrected chi connectivity index (χ1v) is 11.1. The Labute approximate surface area is 186 Å². The third kappa shape index (κ3) is 4.38. The van der Waals surface area contributed by atoms with E-state index in [0.717, 1.165) is 42.2 Å². The third-order valence-corrected chi connectivity index (χ3v) is 6.16. The van der Waals surface area contributed by atoms with Gasteiger partial charge >= 0.3 is 0 Å². The number of rotatable bonds is 4. The molecule has 0 spiro atoms. The summed E-state index contributed by atoms with van der Waals surface area (Å²) in [5.74, 6) is 2.01. The molecule has 0 unspecified atom stereocenters. The van der Waals surface area contributed by atoms with E-state index in [1.807, 2.05) is 12.1 Å². The van der Waals surface area contributed by atoms with E-state index in [2.05, 4.69) is 81.2 Å². The molecule has 5 rings (SSSR count). The number of hydrogen-bond acceptors (Lipinski definition) is 4. The molecular weight excluding hydrogens is 440 g/mol. The summed E-state index contributed by atoms with van der Waals surface area (Å²) in [6, 6.07) is 21.6. The van der Waals surface area contributed by atoms with Gasteiger partial charge in [-0.3, -0.25) is 9.80 Å². The molecule has 0 saturated carbocycles. The highest BCUT2D eigenvalue weighted by Gasteiger charge is 2.19. The quantitative estimate of drug-likeness (QED) is 0.511. The number of nitrogens with zero attached hydrogens (tertiary/aromatic N) is 2. The molecule has 5 heteroatoms. The molecule has 0 aliphatic carbocycles. The normalized spacial score (nSPS) is 16.3. The van der Waals surface area contributed by atoms with Crippen molar-refractivity contribution in [3.63, 3.8) is 0 Å². The Morgan fingerprint density at radius 1 is 0.733 bits per heavy atom. The fraction of sp³-hybridized carbons (Fsp3) is 0.280. The molecule has 0 N–H and O–H groups in total. The van der Waals surface area contributed by atoms with Gasteiger partial charge in [0.2, 0.25) is 0 Å². The Bertz CT molecular complexity index is 967. The van der Waals surface area contributed by atoms with E-state index < -0.39 is 0 Å². The zero-order valence-electron chi connectivity index (χ0n) is 17.1. The fourth-order valence-corrected chi connectivity index (χ4v) is 4.56. The van der Waals surface area contributed by atoms with Gasteiger partial charge in [-0.15, -0.1) is 0 Å². The highest BCUT2D eigenvalue weighted by molar-refractivity contribution is 9.10. The minimum atomic E-state index is 0.625. The first-order chi connectivity index (χ1) is 14.6. The first-order valence-electron chi connectivity index (χ1n) is 10.3. The zero-order chi connectivity index (χ0) is 20.5. The van der Waals surface area contributed by atoms with Crippen molar-refractivity contribution in [2.45, 2.75) is 33.1 Å². The minimum absolute atomic E-state index is 0.625. The predicted molar refractivity (Wildman–Crippen MR) is 121 cm³/mol. The Morgan fingerprint density at radius 2 is 1.27 bits per heavy atom. The van der Waals surface area contributed by atoms with Crippen molar-refractivity contribution in [1.29, 1.82) is 0 Å². The SMILES string of the molecule is Cc1ccc2c(c1)CN(Cc1ccc(CN3COc4ccc(Br)cc4C3)cc1)CO2. The summed E-state index contributed by atoms with van der Waals surface area (Å²) in [4.78, 5) is 4.66. The molecule has 0 atom stereocenters. The van der Waals surface area contributed by atoms with Gasteiger partial charge in [-0.2, -0.15) is 0 Å². The fourth-order valence-electron chi connectivity index (χ4n) is 4.15. The lowest BCUT2D eigenvalue weighted by Gasteiger charge is -2.30. The van der Waals surface area contributed by atoms with Gasteiger partial charge in [-0.25, -0.2) is 0 Å². The van der Waals surface area contributed by atoms with Gasteiger partial charge in [-0.05, 0) is 42.3 Å². The number of ether oxygens (including phenoxy) is 2. The van der Waals surface area contributed by atoms with Crippen LogP contribution in [-0.4, -0.2) is 23.3 Å². The predicted octanol–water partition coefficient (Wildman–Crippen LogP) is 5.46. The second-order valence-electron chi connectivity index (χ2n) is 8.20. The number of halogens is 1. The second-order valence-corrected chi connectivity index (χ2v) is 9.12. The maximum absolute atomic E-state index is 5.93. The molecule has 0 bridgehead atoms. The van der Waals surface area contributed by atoms with Crippen LogP contribution in [0.5, 0.6) is 11.5 Å². The van der Waals surface area contributed by atoms with Crippen molar-refractivity contribution < 1.29 is 9.47 Å². The Hall–Kier alpha value is -2.34. The second kappa shape index (κ2) is 8.42. The molecule has 3 aromatic carbocycles. The van der Waals surface area contributed by atoms with Crippen LogP contribution in [0.1, 0.15) is 27.8 Å². The maximum atomic E-state index is 5.93. The zero-order valence-corrected chi connectivity index (χ0v) is 18.7. The van der Waals surface area contributed by atoms with Gasteiger partial charge in [0, 0.05) is 41.8 Å². The lowest BCUT2D eigenvalue weighted by Crippen LogP contribution is -2.32. The topological polar surface area (TPSA) is 24.9 Å². The van der Waals surface area contributed by atoms with Crippen LogP contribution in [-0.2, 0) is 26.2 Å². The van der Waals surface area contributed by atoms with E-state index in [4.69, 9.17) is 9.47 Å². The van der Waals surface area contributed by atoms with E-state index in [1.165, 1.54) is 27.8 Å². The van der Waals surface area contributed by atoms with Crippen LogP contribution < -0.4 is 9.47 Å². The molecule has 154 valence electrons. The highest BCUT2D eigenvalue weighted by atomic mass is 79.9. The summed E-state index contributed by atoms with van der Waals surface area (Å²) in [6.45, 7) is 6.99. The van der Waals surface area contributed by atoms with Gasteiger partial charge in [0.05, 0.1) is 0 Å². The number of fused-ring (bicyclic) bond motifs is 2. The molecule has 0 amide bonds. The molecule has 2 aliphatic heterocycles. The van der Waals surface area contributed by atoms with Crippen molar-refractivity contribution >= 4 is 15.9 Å². The number of benzene rings is 3. The van der Waals surface area contributed by atoms with E-state index >= 15 is 0 Å². The molecule has 2 heterocycles. The van der Waals surface area contributed by atoms with Crippen LogP contribution in [0.25, 0.3) is 0 Å². The lowest BCUT2D eigenvalue weighted by atomic mass is 10.1. The van der Waals surface area contributed by atoms with Gasteiger partial charge in [0.15, 0.2) is 0 Å². The lowest BCUT2D eigenvalue weighted by molar-refractivity contribution is 0.0878. The van der Waals surface area contributed by atoms with Crippen molar-refractivity contribution in [3.8, 4) is 11.5 Å². The Morgan fingerprint density at radius 3 is 1.87 bits per heavy atom. The summed E-state index contributed by atoms with van der Waals surface area (Å²) in [6.07, 6.45) is 0. The van der Waals surface area contributed by atoms with Gasteiger partial charge in [-0.1, -0.05) is 57.9 Å². The van der Waals surface area contributed by atoms with E-state index in [1.54, 1.807) is 0 Å². The van der Waals surface area contributed by atoms with E-state index in [-0.39, 0.29) is 0 Å². The Kier molecular flexibility index (Phi) is 5.50. The summed E-state index contributed by atoms with van der Waals surface area (Å²) in [5, 5.41) is 0. The molecule has 0 fully saturated rings. The Balaban J connectivity index is 1.19. The average molecular weight is 465 g/mol. The van der Waals surface area contributed by atoms with Gasteiger partial charge < -0.3 is 9.47 Å². The van der Waals surface area contributed by atoms with Crippen molar-refractivity contribution in [2.75, 3.05) is 13.5 Å². The summed E-state index contributed by atoms with van der Waals surface area (Å²) >= 11 is 3.55. The van der Waals surface area contributed by atoms with Crippen LogP contribution >= 0.6 is 15.9 Å². The van der Waals surface area contributed by atoms with Gasteiger partial charge in [0.25, 0.3) is 0 Å². The van der Waals surface area contributed by atoms with Crippen LogP contribution in [0.2, 0.25) is 0 Å². The summed E-state index contributed by atoms with van der Waals surface area (Å²) in [5.41, 5.74) is 6.39. The summed E-state index contributed by atoms with van der Waals surface area (Å²) in [7, 11) is 0. The van der Waals surface area contributed by atoms with E-state index in [0.29, 0.717) is 13.5 Å². The molecular formula is C25H25BrN2O2. The molecule has 2 aliphatic rings. The van der Waals surface area contributed by atoms with Crippen molar-refractivity contribution in [3.05, 3.63) is 93.0 Å². The number of aryl methyl sites for hydroxylation is 1. The highest BCUT2D eigenvalue weighted by Crippen LogP contribution is 2.29. The number of hydrogen-bond donors (Lipinski definition) is 0. The molecule has 0 aromatic heterocycles. The molecule has 3 aromatic rings. The summed E-state index contributed by atoms with van der Waals surface area (Å²) < 4.78 is 12.9. The van der Waals surface area contributed by atoms with Crippen LogP contribution in [0.4, 0.5) is 0 Å². The minimum Gasteiger partial charge on any atom is -0.478 e. The van der Waals surface area contributed by atoms with Crippen molar-refractivity contribution in [1.82, 2.24) is 9.80 Å². The standard InChI is InChI=1S/C25H25BrN2O2/c1-18-2-8-24-21(10-18)14-27(16-29-24)12-19-3-5-20(6-4-19)13-28-15-22-11-23(26)7-9-25(22)30-17-28/h2-11H,12-17H2,1H3. The molecule has 4 nitrogen and oxygen atoms in total. The van der Waals surface area contributed by atoms with Gasteiger partial charge in [0.1, 0.15) is 25.0 Å². The average Bonchev–Trinajstić information content (AvgIpc) is 2.74. The van der Waals surface area contributed by atoms with Crippen LogP contribution in [0.15, 0.2) is 65.1 Å². The molecule has 0 radical (unpaired) electrons. The maximum Gasteiger partial charge on any atom is 0.142 e.